The van der Waals surface area contributed by atoms with Gasteiger partial charge in [-0.15, -0.1) is 11.8 Å². The zero-order valence-electron chi connectivity index (χ0n) is 11.9. The summed E-state index contributed by atoms with van der Waals surface area (Å²) in [6.45, 7) is 7.36. The number of thioether (sulfide) groups is 1. The second-order valence-corrected chi connectivity index (χ2v) is 6.56. The van der Waals surface area contributed by atoms with Crippen molar-refractivity contribution in [3.05, 3.63) is 29.8 Å². The van der Waals surface area contributed by atoms with Crippen LogP contribution in [0.25, 0.3) is 0 Å². The lowest BCUT2D eigenvalue weighted by Gasteiger charge is -2.25. The van der Waals surface area contributed by atoms with E-state index in [1.165, 1.54) is 10.5 Å². The number of nitrogens with two attached hydrogens (primary N) is 1. The Morgan fingerprint density at radius 2 is 1.83 bits per heavy atom. The average molecular weight is 266 g/mol. The van der Waals surface area contributed by atoms with E-state index in [4.69, 9.17) is 5.73 Å². The van der Waals surface area contributed by atoms with Gasteiger partial charge in [-0.1, -0.05) is 39.3 Å². The lowest BCUT2D eigenvalue weighted by molar-refractivity contribution is 0.378. The summed E-state index contributed by atoms with van der Waals surface area (Å²) in [5, 5.41) is 4.02. The van der Waals surface area contributed by atoms with E-state index in [0.717, 1.165) is 13.0 Å². The highest BCUT2D eigenvalue weighted by Crippen LogP contribution is 2.27. The molecule has 0 spiro atoms. The van der Waals surface area contributed by atoms with Crippen molar-refractivity contribution < 1.29 is 0 Å². The fourth-order valence-electron chi connectivity index (χ4n) is 2.24. The maximum Gasteiger partial charge on any atom is 0.0358 e. The maximum absolute atomic E-state index is 5.85. The predicted molar refractivity (Wildman–Crippen MR) is 82.1 cm³/mol. The van der Waals surface area contributed by atoms with Gasteiger partial charge in [0.2, 0.25) is 0 Å². The molecule has 0 heterocycles. The van der Waals surface area contributed by atoms with E-state index in [1.54, 1.807) is 0 Å². The van der Waals surface area contributed by atoms with Crippen LogP contribution in [0.5, 0.6) is 0 Å². The molecule has 0 fully saturated rings. The normalized spacial score (nSPS) is 14.8. The Morgan fingerprint density at radius 1 is 1.22 bits per heavy atom. The van der Waals surface area contributed by atoms with E-state index in [-0.39, 0.29) is 0 Å². The van der Waals surface area contributed by atoms with Crippen LogP contribution >= 0.6 is 11.8 Å². The zero-order chi connectivity index (χ0) is 13.5. The Balaban J connectivity index is 2.81. The van der Waals surface area contributed by atoms with Crippen LogP contribution in [0.4, 0.5) is 0 Å². The molecule has 2 nitrogen and oxygen atoms in total. The fraction of sp³-hybridized carbons (Fsp3) is 0.600. The van der Waals surface area contributed by atoms with Crippen LogP contribution in [0.3, 0.4) is 0 Å². The predicted octanol–water partition coefficient (Wildman–Crippen LogP) is 3.43. The van der Waals surface area contributed by atoms with Crippen LogP contribution in [0.2, 0.25) is 0 Å². The van der Waals surface area contributed by atoms with Crippen LogP contribution in [0.15, 0.2) is 29.2 Å². The molecule has 2 atom stereocenters. The molecule has 1 aromatic carbocycles. The minimum Gasteiger partial charge on any atom is -0.330 e. The topological polar surface area (TPSA) is 38.0 Å². The van der Waals surface area contributed by atoms with Gasteiger partial charge < -0.3 is 11.1 Å². The van der Waals surface area contributed by atoms with Crippen molar-refractivity contribution >= 4 is 11.8 Å². The van der Waals surface area contributed by atoms with Gasteiger partial charge in [0.15, 0.2) is 0 Å². The Morgan fingerprint density at radius 3 is 2.22 bits per heavy atom. The molecule has 18 heavy (non-hydrogen) atoms. The molecule has 0 aliphatic rings. The smallest absolute Gasteiger partial charge is 0.0358 e. The minimum atomic E-state index is 0.359. The third-order valence-corrected chi connectivity index (χ3v) is 4.24. The first-order chi connectivity index (χ1) is 8.62. The fourth-order valence-corrected chi connectivity index (χ4v) is 3.08. The third kappa shape index (κ3) is 4.30. The summed E-state index contributed by atoms with van der Waals surface area (Å²) in [5.41, 5.74) is 7.18. The summed E-state index contributed by atoms with van der Waals surface area (Å²) in [4.78, 5) is 1.34. The van der Waals surface area contributed by atoms with Crippen molar-refractivity contribution in [2.45, 2.75) is 43.4 Å². The highest BCUT2D eigenvalue weighted by molar-refractivity contribution is 7.99. The summed E-state index contributed by atoms with van der Waals surface area (Å²) in [5.74, 6) is 0.499. The van der Waals surface area contributed by atoms with Crippen LogP contribution in [-0.4, -0.2) is 18.8 Å². The Labute approximate surface area is 116 Å². The molecule has 102 valence electrons. The molecule has 0 aromatic heterocycles. The van der Waals surface area contributed by atoms with E-state index in [0.29, 0.717) is 17.2 Å². The van der Waals surface area contributed by atoms with Crippen LogP contribution < -0.4 is 11.1 Å². The molecule has 3 heteroatoms. The summed E-state index contributed by atoms with van der Waals surface area (Å²) in [7, 11) is 2.01. The first kappa shape index (κ1) is 15.5. The summed E-state index contributed by atoms with van der Waals surface area (Å²) in [6.07, 6.45) is 1.10. The molecule has 1 aromatic rings. The number of rotatable bonds is 7. The van der Waals surface area contributed by atoms with Crippen molar-refractivity contribution in [3.8, 4) is 0 Å². The van der Waals surface area contributed by atoms with Crippen LogP contribution in [-0.2, 0) is 0 Å². The first-order valence-electron chi connectivity index (χ1n) is 6.76. The van der Waals surface area contributed by atoms with Gasteiger partial charge in [0.25, 0.3) is 0 Å². The molecule has 0 aliphatic heterocycles. The van der Waals surface area contributed by atoms with Gasteiger partial charge >= 0.3 is 0 Å². The SMILES string of the molecule is CCC(CN)C(NC)c1ccc(SC(C)C)cc1. The van der Waals surface area contributed by atoms with Crippen LogP contribution in [0, 0.1) is 5.92 Å². The number of hydrogen-bond acceptors (Lipinski definition) is 3. The van der Waals surface area contributed by atoms with Gasteiger partial charge in [0.05, 0.1) is 0 Å². The van der Waals surface area contributed by atoms with Gasteiger partial charge in [0.1, 0.15) is 0 Å². The molecule has 0 bridgehead atoms. The molecule has 0 amide bonds. The lowest BCUT2D eigenvalue weighted by atomic mass is 9.91. The largest absolute Gasteiger partial charge is 0.330 e. The third-order valence-electron chi connectivity index (χ3n) is 3.22. The molecule has 0 aliphatic carbocycles. The summed E-state index contributed by atoms with van der Waals surface area (Å²) < 4.78 is 0. The highest BCUT2D eigenvalue weighted by atomic mass is 32.2. The molecule has 2 unspecified atom stereocenters. The second-order valence-electron chi connectivity index (χ2n) is 4.91. The van der Waals surface area contributed by atoms with Crippen molar-refractivity contribution in [2.24, 2.45) is 11.7 Å². The van der Waals surface area contributed by atoms with E-state index >= 15 is 0 Å². The standard InChI is InChI=1S/C15H26N2S/c1-5-12(10-16)15(17-4)13-6-8-14(9-7-13)18-11(2)3/h6-9,11-12,15,17H,5,10,16H2,1-4H3. The van der Waals surface area contributed by atoms with Gasteiger partial charge in [-0.3, -0.25) is 0 Å². The molecule has 0 saturated carbocycles. The molecule has 3 N–H and O–H groups in total. The first-order valence-corrected chi connectivity index (χ1v) is 7.64. The average Bonchev–Trinajstić information content (AvgIpc) is 2.36. The number of benzene rings is 1. The second kappa shape index (κ2) is 7.82. The molecule has 0 radical (unpaired) electrons. The molecular weight excluding hydrogens is 240 g/mol. The highest BCUT2D eigenvalue weighted by Gasteiger charge is 2.18. The Hall–Kier alpha value is -0.510. The summed E-state index contributed by atoms with van der Waals surface area (Å²) in [6, 6.07) is 9.24. The summed E-state index contributed by atoms with van der Waals surface area (Å²) >= 11 is 1.90. The van der Waals surface area contributed by atoms with Gasteiger partial charge in [-0.2, -0.15) is 0 Å². The van der Waals surface area contributed by atoms with E-state index in [9.17, 15) is 0 Å². The molecular formula is C15H26N2S. The van der Waals surface area contributed by atoms with Crippen molar-refractivity contribution in [1.82, 2.24) is 5.32 Å². The minimum absolute atomic E-state index is 0.359. The van der Waals surface area contributed by atoms with Crippen molar-refractivity contribution in [3.63, 3.8) is 0 Å². The molecule has 0 saturated heterocycles. The number of hydrogen-bond donors (Lipinski definition) is 2. The van der Waals surface area contributed by atoms with E-state index in [1.807, 2.05) is 18.8 Å². The van der Waals surface area contributed by atoms with Gasteiger partial charge in [0, 0.05) is 16.2 Å². The van der Waals surface area contributed by atoms with E-state index in [2.05, 4.69) is 50.4 Å². The number of nitrogens with one attached hydrogen (secondary N) is 1. The monoisotopic (exact) mass is 266 g/mol. The quantitative estimate of drug-likeness (QED) is 0.743. The van der Waals surface area contributed by atoms with Crippen LogP contribution in [0.1, 0.15) is 38.8 Å². The maximum atomic E-state index is 5.85. The van der Waals surface area contributed by atoms with Crippen molar-refractivity contribution in [2.75, 3.05) is 13.6 Å². The van der Waals surface area contributed by atoms with Gasteiger partial charge in [-0.05, 0) is 37.2 Å². The Bertz CT molecular complexity index is 331. The molecule has 1 rings (SSSR count). The van der Waals surface area contributed by atoms with Crippen molar-refractivity contribution in [1.29, 1.82) is 0 Å². The van der Waals surface area contributed by atoms with E-state index < -0.39 is 0 Å². The Kier molecular flexibility index (Phi) is 6.76. The zero-order valence-corrected chi connectivity index (χ0v) is 12.8. The lowest BCUT2D eigenvalue weighted by Crippen LogP contribution is -2.30. The van der Waals surface area contributed by atoms with Gasteiger partial charge in [-0.25, -0.2) is 0 Å².